The lowest BCUT2D eigenvalue weighted by molar-refractivity contribution is -0.137. The third-order valence-electron chi connectivity index (χ3n) is 5.77. The third kappa shape index (κ3) is 6.33. The normalized spacial score (nSPS) is 24.5. The zero-order valence-corrected chi connectivity index (χ0v) is 17.3. The van der Waals surface area contributed by atoms with Crippen molar-refractivity contribution in [2.75, 3.05) is 0 Å². The average Bonchev–Trinajstić information content (AvgIpc) is 2.75. The fourth-order valence-corrected chi connectivity index (χ4v) is 4.52. The molecule has 1 fully saturated rings. The molecule has 0 saturated heterocycles. The predicted octanol–water partition coefficient (Wildman–Crippen LogP) is 4.21. The Hall–Kier alpha value is -1.01. The quantitative estimate of drug-likeness (QED) is 0.354. The fraction of sp³-hybridized carbons (Fsp3) is 0.842. The van der Waals surface area contributed by atoms with Gasteiger partial charge in [-0.2, -0.15) is 0 Å². The van der Waals surface area contributed by atoms with Crippen LogP contribution in [0.4, 0.5) is 0 Å². The summed E-state index contributed by atoms with van der Waals surface area (Å²) in [7, 11) is -2.01. The first-order chi connectivity index (χ1) is 11.5. The zero-order chi connectivity index (χ0) is 19.3. The summed E-state index contributed by atoms with van der Waals surface area (Å²) in [5, 5.41) is 8.68. The molecule has 1 aliphatic rings. The molecule has 0 unspecified atom stereocenters. The van der Waals surface area contributed by atoms with Crippen LogP contribution in [0.15, 0.2) is 0 Å². The van der Waals surface area contributed by atoms with Crippen LogP contribution >= 0.6 is 0 Å². The van der Waals surface area contributed by atoms with Crippen LogP contribution in [0.2, 0.25) is 18.1 Å². The molecule has 6 heteroatoms. The standard InChI is InChI=1S/C19H34O5Si/c1-19(2,3)25(4,5)24-17-12-16(21)14(15(17)13-20)10-8-6-7-9-11-18(22)23/h13-15,17H,6-12H2,1-5H3,(H,22,23)/t14-,15-,17-/m0/s1. The van der Waals surface area contributed by atoms with E-state index in [4.69, 9.17) is 9.53 Å². The molecule has 0 aromatic heterocycles. The van der Waals surface area contributed by atoms with Gasteiger partial charge in [0.05, 0.1) is 6.10 Å². The number of aliphatic carboxylic acids is 1. The van der Waals surface area contributed by atoms with Gasteiger partial charge in [0.2, 0.25) is 0 Å². The Bertz CT molecular complexity index is 481. The van der Waals surface area contributed by atoms with Crippen molar-refractivity contribution in [3.05, 3.63) is 0 Å². The Morgan fingerprint density at radius 1 is 1.24 bits per heavy atom. The largest absolute Gasteiger partial charge is 0.481 e. The Morgan fingerprint density at radius 3 is 2.36 bits per heavy atom. The van der Waals surface area contributed by atoms with E-state index in [0.29, 0.717) is 19.3 Å². The van der Waals surface area contributed by atoms with Crippen molar-refractivity contribution in [1.82, 2.24) is 0 Å². The van der Waals surface area contributed by atoms with E-state index in [-0.39, 0.29) is 35.2 Å². The van der Waals surface area contributed by atoms with E-state index >= 15 is 0 Å². The summed E-state index contributed by atoms with van der Waals surface area (Å²) in [6.45, 7) is 10.8. The number of Topliss-reactive ketones (excluding diaryl/α,β-unsaturated/α-hetero) is 1. The molecule has 0 radical (unpaired) electrons. The molecule has 5 nitrogen and oxygen atoms in total. The van der Waals surface area contributed by atoms with Gasteiger partial charge in [0.1, 0.15) is 12.1 Å². The summed E-state index contributed by atoms with van der Waals surface area (Å²) in [5.74, 6) is -1.18. The molecule has 3 atom stereocenters. The van der Waals surface area contributed by atoms with E-state index in [1.54, 1.807) is 0 Å². The second kappa shape index (κ2) is 9.08. The molecule has 0 spiro atoms. The third-order valence-corrected chi connectivity index (χ3v) is 10.3. The van der Waals surface area contributed by atoms with Crippen LogP contribution in [-0.2, 0) is 18.8 Å². The van der Waals surface area contributed by atoms with Crippen LogP contribution in [0.25, 0.3) is 0 Å². The van der Waals surface area contributed by atoms with Gasteiger partial charge in [0.15, 0.2) is 8.32 Å². The first-order valence-electron chi connectivity index (χ1n) is 9.37. The number of rotatable bonds is 10. The minimum atomic E-state index is -2.01. The number of hydrogen-bond acceptors (Lipinski definition) is 4. The second-order valence-electron chi connectivity index (χ2n) is 8.75. The van der Waals surface area contributed by atoms with Crippen molar-refractivity contribution in [3.8, 4) is 0 Å². The molecule has 1 saturated carbocycles. The van der Waals surface area contributed by atoms with Crippen LogP contribution < -0.4 is 0 Å². The molecule has 0 amide bonds. The van der Waals surface area contributed by atoms with Crippen LogP contribution in [0.5, 0.6) is 0 Å². The number of carbonyl (C=O) groups excluding carboxylic acids is 2. The molecule has 0 aliphatic heterocycles. The maximum absolute atomic E-state index is 12.4. The van der Waals surface area contributed by atoms with E-state index in [2.05, 4.69) is 33.9 Å². The Balaban J connectivity index is 2.55. The van der Waals surface area contributed by atoms with Crippen LogP contribution in [-0.4, -0.2) is 37.6 Å². The van der Waals surface area contributed by atoms with Crippen molar-refractivity contribution in [2.45, 2.75) is 90.0 Å². The number of unbranched alkanes of at least 4 members (excludes halogenated alkanes) is 3. The smallest absolute Gasteiger partial charge is 0.303 e. The van der Waals surface area contributed by atoms with E-state index in [1.165, 1.54) is 0 Å². The molecule has 1 N–H and O–H groups in total. The van der Waals surface area contributed by atoms with Crippen molar-refractivity contribution in [2.24, 2.45) is 11.8 Å². The van der Waals surface area contributed by atoms with Gasteiger partial charge >= 0.3 is 5.97 Å². The van der Waals surface area contributed by atoms with Crippen molar-refractivity contribution >= 4 is 26.4 Å². The summed E-state index contributed by atoms with van der Waals surface area (Å²) in [4.78, 5) is 34.5. The number of aldehydes is 1. The Morgan fingerprint density at radius 2 is 1.84 bits per heavy atom. The van der Waals surface area contributed by atoms with Gasteiger partial charge in [-0.05, 0) is 31.0 Å². The Kier molecular flexibility index (Phi) is 8.00. The molecule has 0 aromatic carbocycles. The molecule has 25 heavy (non-hydrogen) atoms. The first-order valence-corrected chi connectivity index (χ1v) is 12.3. The highest BCUT2D eigenvalue weighted by Gasteiger charge is 2.47. The zero-order valence-electron chi connectivity index (χ0n) is 16.3. The Labute approximate surface area is 152 Å². The molecular weight excluding hydrogens is 336 g/mol. The number of carboxylic acids is 1. The van der Waals surface area contributed by atoms with Crippen LogP contribution in [0, 0.1) is 11.8 Å². The second-order valence-corrected chi connectivity index (χ2v) is 13.5. The number of ketones is 1. The van der Waals surface area contributed by atoms with Gasteiger partial charge in [-0.15, -0.1) is 0 Å². The highest BCUT2D eigenvalue weighted by Crippen LogP contribution is 2.42. The number of carboxylic acid groups (broad SMARTS) is 1. The highest BCUT2D eigenvalue weighted by atomic mass is 28.4. The van der Waals surface area contributed by atoms with Crippen molar-refractivity contribution in [3.63, 3.8) is 0 Å². The van der Waals surface area contributed by atoms with Crippen LogP contribution in [0.1, 0.15) is 65.7 Å². The summed E-state index contributed by atoms with van der Waals surface area (Å²) >= 11 is 0. The lowest BCUT2D eigenvalue weighted by Gasteiger charge is -2.39. The average molecular weight is 371 g/mol. The molecule has 0 bridgehead atoms. The minimum absolute atomic E-state index is 0.0473. The van der Waals surface area contributed by atoms with E-state index < -0.39 is 14.3 Å². The lowest BCUT2D eigenvalue weighted by Crippen LogP contribution is -2.45. The van der Waals surface area contributed by atoms with E-state index in [9.17, 15) is 14.4 Å². The van der Waals surface area contributed by atoms with Crippen LogP contribution in [0.3, 0.4) is 0 Å². The molecule has 0 heterocycles. The SMILES string of the molecule is CC(C)(C)[Si](C)(C)O[C@H]1CC(=O)[C@@H](CCCCCCC(=O)O)[C@@H]1C=O. The summed E-state index contributed by atoms with van der Waals surface area (Å²) in [6.07, 6.45) is 5.16. The van der Waals surface area contributed by atoms with Gasteiger partial charge in [0.25, 0.3) is 0 Å². The summed E-state index contributed by atoms with van der Waals surface area (Å²) < 4.78 is 6.36. The topological polar surface area (TPSA) is 80.7 Å². The maximum atomic E-state index is 12.4. The van der Waals surface area contributed by atoms with Crippen molar-refractivity contribution < 1.29 is 23.9 Å². The highest BCUT2D eigenvalue weighted by molar-refractivity contribution is 6.74. The van der Waals surface area contributed by atoms with Crippen molar-refractivity contribution in [1.29, 1.82) is 0 Å². The summed E-state index contributed by atoms with van der Waals surface area (Å²) in [6, 6.07) is 0. The van der Waals surface area contributed by atoms with Gasteiger partial charge in [-0.1, -0.05) is 40.0 Å². The van der Waals surface area contributed by atoms with Gasteiger partial charge in [-0.25, -0.2) is 0 Å². The monoisotopic (exact) mass is 370 g/mol. The lowest BCUT2D eigenvalue weighted by atomic mass is 9.90. The maximum Gasteiger partial charge on any atom is 0.303 e. The number of hydrogen-bond donors (Lipinski definition) is 1. The molecular formula is C19H34O5Si. The molecule has 144 valence electrons. The minimum Gasteiger partial charge on any atom is -0.481 e. The van der Waals surface area contributed by atoms with E-state index in [1.807, 2.05) is 0 Å². The van der Waals surface area contributed by atoms with E-state index in [0.717, 1.165) is 25.5 Å². The molecule has 0 aromatic rings. The van der Waals surface area contributed by atoms with Gasteiger partial charge < -0.3 is 14.3 Å². The first kappa shape index (κ1) is 22.0. The molecule has 1 rings (SSSR count). The number of carbonyl (C=O) groups is 3. The van der Waals surface area contributed by atoms with Gasteiger partial charge in [0, 0.05) is 24.7 Å². The molecule has 1 aliphatic carbocycles. The van der Waals surface area contributed by atoms with Gasteiger partial charge in [-0.3, -0.25) is 9.59 Å². The fourth-order valence-electron chi connectivity index (χ4n) is 3.16. The predicted molar refractivity (Wildman–Crippen MR) is 100 cm³/mol. The summed E-state index contributed by atoms with van der Waals surface area (Å²) in [5.41, 5.74) is 0.